The van der Waals surface area contributed by atoms with Gasteiger partial charge in [-0.15, -0.1) is 0 Å². The Morgan fingerprint density at radius 1 is 1.18 bits per heavy atom. The maximum absolute atomic E-state index is 13.7. The van der Waals surface area contributed by atoms with Crippen molar-refractivity contribution in [2.75, 3.05) is 7.11 Å². The van der Waals surface area contributed by atoms with Crippen LogP contribution in [0.4, 0.5) is 4.39 Å². The van der Waals surface area contributed by atoms with Gasteiger partial charge in [0, 0.05) is 6.42 Å². The van der Waals surface area contributed by atoms with E-state index in [1.165, 1.54) is 29.9 Å². The number of halogens is 1. The number of nitrogens with zero attached hydrogens (tertiary/aromatic N) is 1. The van der Waals surface area contributed by atoms with Gasteiger partial charge in [-0.25, -0.2) is 4.39 Å². The van der Waals surface area contributed by atoms with E-state index in [0.29, 0.717) is 12.0 Å². The molecule has 2 aromatic rings. The maximum Gasteiger partial charge on any atom is 0.309 e. The van der Waals surface area contributed by atoms with E-state index in [1.54, 1.807) is 6.92 Å². The summed E-state index contributed by atoms with van der Waals surface area (Å²) in [5.41, 5.74) is 7.37. The van der Waals surface area contributed by atoms with Crippen molar-refractivity contribution >= 4 is 11.7 Å². The molecule has 2 aromatic carbocycles. The van der Waals surface area contributed by atoms with E-state index in [1.807, 2.05) is 12.1 Å². The first-order chi connectivity index (χ1) is 13.4. The smallest absolute Gasteiger partial charge is 0.309 e. The quantitative estimate of drug-likeness (QED) is 0.655. The highest BCUT2D eigenvalue weighted by atomic mass is 19.1. The molecular formula is C23H26FNO3. The fourth-order valence-corrected chi connectivity index (χ4v) is 3.68. The number of oxime groups is 1. The van der Waals surface area contributed by atoms with Crippen LogP contribution in [0.25, 0.3) is 11.1 Å². The Morgan fingerprint density at radius 2 is 1.96 bits per heavy atom. The zero-order valence-electron chi connectivity index (χ0n) is 16.8. The summed E-state index contributed by atoms with van der Waals surface area (Å²) in [6, 6.07) is 9.58. The molecule has 0 spiro atoms. The second kappa shape index (κ2) is 8.55. The molecule has 5 heteroatoms. The number of methoxy groups -OCH3 is 1. The average molecular weight is 383 g/mol. The third-order valence-electron chi connectivity index (χ3n) is 5.17. The van der Waals surface area contributed by atoms with E-state index >= 15 is 0 Å². The van der Waals surface area contributed by atoms with Crippen molar-refractivity contribution in [2.45, 2.75) is 52.6 Å². The van der Waals surface area contributed by atoms with Crippen molar-refractivity contribution in [3.63, 3.8) is 0 Å². The van der Waals surface area contributed by atoms with E-state index in [9.17, 15) is 9.18 Å². The van der Waals surface area contributed by atoms with Crippen molar-refractivity contribution < 1.29 is 18.8 Å². The van der Waals surface area contributed by atoms with Gasteiger partial charge in [-0.1, -0.05) is 28.9 Å². The summed E-state index contributed by atoms with van der Waals surface area (Å²) in [6.45, 7) is 5.96. The summed E-state index contributed by atoms with van der Waals surface area (Å²) in [6.07, 6.45) is 2.19. The first-order valence-electron chi connectivity index (χ1n) is 9.52. The molecule has 0 radical (unpaired) electrons. The fourth-order valence-electron chi connectivity index (χ4n) is 3.68. The summed E-state index contributed by atoms with van der Waals surface area (Å²) < 4.78 is 18.4. The van der Waals surface area contributed by atoms with Gasteiger partial charge in [0.15, 0.2) is 0 Å². The molecule has 1 unspecified atom stereocenters. The van der Waals surface area contributed by atoms with Gasteiger partial charge < -0.3 is 9.57 Å². The molecule has 1 aliphatic heterocycles. The van der Waals surface area contributed by atoms with Crippen LogP contribution in [0.3, 0.4) is 0 Å². The number of rotatable bonds is 6. The van der Waals surface area contributed by atoms with Crippen LogP contribution >= 0.6 is 0 Å². The molecule has 0 aromatic heterocycles. The van der Waals surface area contributed by atoms with Crippen molar-refractivity contribution in [3.8, 4) is 11.1 Å². The van der Waals surface area contributed by atoms with Crippen molar-refractivity contribution in [2.24, 2.45) is 5.16 Å². The third-order valence-corrected chi connectivity index (χ3v) is 5.17. The predicted molar refractivity (Wildman–Crippen MR) is 108 cm³/mol. The number of hydrogen-bond acceptors (Lipinski definition) is 4. The normalized spacial score (nSPS) is 15.9. The summed E-state index contributed by atoms with van der Waals surface area (Å²) in [5.74, 6) is -0.478. The van der Waals surface area contributed by atoms with Gasteiger partial charge in [-0.3, -0.25) is 4.79 Å². The minimum atomic E-state index is -0.287. The van der Waals surface area contributed by atoms with E-state index in [0.717, 1.165) is 29.7 Å². The van der Waals surface area contributed by atoms with E-state index in [-0.39, 0.29) is 24.3 Å². The highest BCUT2D eigenvalue weighted by molar-refractivity contribution is 5.86. The highest BCUT2D eigenvalue weighted by Gasteiger charge is 2.24. The van der Waals surface area contributed by atoms with E-state index in [4.69, 9.17) is 4.84 Å². The monoisotopic (exact) mass is 383 g/mol. The molecule has 0 aliphatic carbocycles. The maximum atomic E-state index is 13.7. The van der Waals surface area contributed by atoms with Gasteiger partial charge in [0.05, 0.1) is 19.2 Å². The Kier molecular flexibility index (Phi) is 6.12. The molecule has 3 rings (SSSR count). The molecule has 148 valence electrons. The lowest BCUT2D eigenvalue weighted by Crippen LogP contribution is -2.15. The Labute approximate surface area is 165 Å². The number of benzene rings is 2. The predicted octanol–water partition coefficient (Wildman–Crippen LogP) is 5.06. The van der Waals surface area contributed by atoms with Gasteiger partial charge in [0.2, 0.25) is 0 Å². The van der Waals surface area contributed by atoms with Crippen molar-refractivity contribution in [1.29, 1.82) is 0 Å². The molecule has 0 N–H and O–H groups in total. The number of esters is 1. The molecule has 4 nitrogen and oxygen atoms in total. The molecule has 0 amide bonds. The second-order valence-corrected chi connectivity index (χ2v) is 7.44. The van der Waals surface area contributed by atoms with E-state index < -0.39 is 0 Å². The fraction of sp³-hybridized carbons (Fsp3) is 0.391. The van der Waals surface area contributed by atoms with Crippen LogP contribution in [0.2, 0.25) is 0 Å². The Morgan fingerprint density at radius 3 is 2.68 bits per heavy atom. The minimum absolute atomic E-state index is 0.191. The number of hydrogen-bond donors (Lipinski definition) is 0. The van der Waals surface area contributed by atoms with Crippen LogP contribution in [0.1, 0.15) is 41.5 Å². The standard InChI is InChI=1S/C23H26FNO3/c1-14-9-15(2)20(21(10-14)17-5-8-22(24)16(3)11-17)7-6-18-12-19(28-25-18)13-23(26)27-4/h5,8-11,19H,6-7,12-13H2,1-4H3. The van der Waals surface area contributed by atoms with Gasteiger partial charge in [0.1, 0.15) is 11.9 Å². The summed E-state index contributed by atoms with van der Waals surface area (Å²) in [5, 5.41) is 4.15. The topological polar surface area (TPSA) is 47.9 Å². The largest absolute Gasteiger partial charge is 0.469 e. The highest BCUT2D eigenvalue weighted by Crippen LogP contribution is 2.31. The molecule has 1 aliphatic rings. The molecule has 1 heterocycles. The number of carbonyl (C=O) groups is 1. The minimum Gasteiger partial charge on any atom is -0.469 e. The van der Waals surface area contributed by atoms with Gasteiger partial charge in [0.25, 0.3) is 0 Å². The summed E-state index contributed by atoms with van der Waals surface area (Å²) >= 11 is 0. The lowest BCUT2D eigenvalue weighted by molar-refractivity contribution is -0.143. The number of aryl methyl sites for hydroxylation is 3. The Hall–Kier alpha value is -2.69. The van der Waals surface area contributed by atoms with Crippen molar-refractivity contribution in [1.82, 2.24) is 0 Å². The van der Waals surface area contributed by atoms with Crippen LogP contribution < -0.4 is 0 Å². The van der Waals surface area contributed by atoms with Crippen LogP contribution in [-0.4, -0.2) is 24.9 Å². The van der Waals surface area contributed by atoms with Gasteiger partial charge >= 0.3 is 5.97 Å². The van der Waals surface area contributed by atoms with E-state index in [2.05, 4.69) is 35.9 Å². The van der Waals surface area contributed by atoms with Gasteiger partial charge in [-0.2, -0.15) is 0 Å². The Balaban J connectivity index is 1.77. The molecule has 0 bridgehead atoms. The first kappa shape index (κ1) is 20.1. The zero-order chi connectivity index (χ0) is 20.3. The van der Waals surface area contributed by atoms with Crippen LogP contribution in [0, 0.1) is 26.6 Å². The SMILES string of the molecule is COC(=O)CC1CC(CCc2c(C)cc(C)cc2-c2ccc(F)c(C)c2)=NO1. The molecule has 0 fully saturated rings. The summed E-state index contributed by atoms with van der Waals surface area (Å²) in [7, 11) is 1.37. The zero-order valence-corrected chi connectivity index (χ0v) is 16.8. The lowest BCUT2D eigenvalue weighted by atomic mass is 9.89. The molecule has 0 saturated carbocycles. The summed E-state index contributed by atoms with van der Waals surface area (Å²) in [4.78, 5) is 16.8. The second-order valence-electron chi connectivity index (χ2n) is 7.44. The lowest BCUT2D eigenvalue weighted by Gasteiger charge is -2.15. The van der Waals surface area contributed by atoms with Crippen molar-refractivity contribution in [3.05, 3.63) is 58.4 Å². The first-order valence-corrected chi connectivity index (χ1v) is 9.52. The van der Waals surface area contributed by atoms with Gasteiger partial charge in [-0.05, 0) is 73.6 Å². The van der Waals surface area contributed by atoms with Crippen LogP contribution in [0.15, 0.2) is 35.5 Å². The number of ether oxygens (including phenoxy) is 1. The van der Waals surface area contributed by atoms with Crippen LogP contribution in [0.5, 0.6) is 0 Å². The average Bonchev–Trinajstić information content (AvgIpc) is 3.09. The molecule has 28 heavy (non-hydrogen) atoms. The molecule has 0 saturated heterocycles. The third kappa shape index (κ3) is 4.58. The Bertz CT molecular complexity index is 920. The molecular weight excluding hydrogens is 357 g/mol. The molecule has 1 atom stereocenters. The number of carbonyl (C=O) groups excluding carboxylic acids is 1. The van der Waals surface area contributed by atoms with Crippen LogP contribution in [-0.2, 0) is 20.8 Å².